The molecule has 148 valence electrons. The molecule has 6 nitrogen and oxygen atoms in total. The predicted octanol–water partition coefficient (Wildman–Crippen LogP) is 4.52. The van der Waals surface area contributed by atoms with E-state index in [1.54, 1.807) is 6.92 Å². The summed E-state index contributed by atoms with van der Waals surface area (Å²) in [5.74, 6) is -0.366. The molecule has 1 aromatic heterocycles. The van der Waals surface area contributed by atoms with Crippen molar-refractivity contribution in [2.24, 2.45) is 0 Å². The van der Waals surface area contributed by atoms with Gasteiger partial charge in [-0.2, -0.15) is 0 Å². The van der Waals surface area contributed by atoms with Crippen molar-refractivity contribution in [3.05, 3.63) is 35.0 Å². The average Bonchev–Trinajstić information content (AvgIpc) is 2.95. The second-order valence-electron chi connectivity index (χ2n) is 7.80. The fraction of sp³-hybridized carbons (Fsp3) is 0.524. The normalized spacial score (nSPS) is 12.7. The number of fused-ring (bicyclic) bond motifs is 1. The van der Waals surface area contributed by atoms with Crippen molar-refractivity contribution in [3.63, 3.8) is 0 Å². The van der Waals surface area contributed by atoms with E-state index in [1.807, 2.05) is 64.3 Å². The fourth-order valence-electron chi connectivity index (χ4n) is 3.05. The minimum Gasteiger partial charge on any atom is -0.461 e. The number of esters is 1. The summed E-state index contributed by atoms with van der Waals surface area (Å²) in [7, 11) is 0. The lowest BCUT2D eigenvalue weighted by atomic mass is 10.1. The second-order valence-corrected chi connectivity index (χ2v) is 7.80. The van der Waals surface area contributed by atoms with Crippen molar-refractivity contribution in [3.8, 4) is 0 Å². The quantitative estimate of drug-likeness (QED) is 0.781. The zero-order valence-corrected chi connectivity index (χ0v) is 17.3. The van der Waals surface area contributed by atoms with Crippen LogP contribution in [-0.4, -0.2) is 35.4 Å². The lowest BCUT2D eigenvalue weighted by Crippen LogP contribution is -2.35. The molecule has 6 heteroatoms. The van der Waals surface area contributed by atoms with Gasteiger partial charge in [-0.1, -0.05) is 12.1 Å². The number of nitrogens with one attached hydrogen (secondary N) is 1. The number of aryl methyl sites for hydroxylation is 2. The van der Waals surface area contributed by atoms with Crippen molar-refractivity contribution in [2.75, 3.05) is 13.2 Å². The highest BCUT2D eigenvalue weighted by Gasteiger charge is 2.23. The Morgan fingerprint density at radius 1 is 1.22 bits per heavy atom. The Balaban J connectivity index is 2.39. The lowest BCUT2D eigenvalue weighted by Gasteiger charge is -2.23. The molecule has 2 aromatic rings. The van der Waals surface area contributed by atoms with Gasteiger partial charge in [-0.05, 0) is 65.7 Å². The Morgan fingerprint density at radius 3 is 2.48 bits per heavy atom. The van der Waals surface area contributed by atoms with Crippen molar-refractivity contribution >= 4 is 23.0 Å². The summed E-state index contributed by atoms with van der Waals surface area (Å²) < 4.78 is 12.5. The number of benzene rings is 1. The van der Waals surface area contributed by atoms with E-state index in [0.717, 1.165) is 22.0 Å². The third kappa shape index (κ3) is 4.81. The molecule has 1 aromatic carbocycles. The van der Waals surface area contributed by atoms with E-state index >= 15 is 0 Å². The Morgan fingerprint density at radius 2 is 1.89 bits per heavy atom. The number of ether oxygens (including phenoxy) is 2. The Bertz CT molecular complexity index is 846. The number of alkyl carbamates (subject to hydrolysis) is 1. The van der Waals surface area contributed by atoms with Crippen molar-refractivity contribution in [1.82, 2.24) is 9.88 Å². The van der Waals surface area contributed by atoms with Crippen LogP contribution < -0.4 is 5.32 Å². The van der Waals surface area contributed by atoms with Crippen LogP contribution in [0.15, 0.2) is 18.2 Å². The summed E-state index contributed by atoms with van der Waals surface area (Å²) in [6.07, 6.45) is -0.476. The van der Waals surface area contributed by atoms with Crippen molar-refractivity contribution in [2.45, 2.75) is 60.1 Å². The molecule has 0 fully saturated rings. The molecule has 1 heterocycles. The lowest BCUT2D eigenvalue weighted by molar-refractivity contribution is 0.0512. The third-order valence-corrected chi connectivity index (χ3v) is 4.39. The summed E-state index contributed by atoms with van der Waals surface area (Å²) >= 11 is 0. The molecule has 0 aliphatic carbocycles. The Hall–Kier alpha value is -2.50. The van der Waals surface area contributed by atoms with E-state index in [9.17, 15) is 9.59 Å². The molecule has 1 atom stereocenters. The van der Waals surface area contributed by atoms with Crippen LogP contribution in [-0.2, 0) is 9.47 Å². The number of carbonyl (C=O) groups excluding carboxylic acids is 2. The Kier molecular flexibility index (Phi) is 6.19. The van der Waals surface area contributed by atoms with Gasteiger partial charge in [-0.25, -0.2) is 9.59 Å². The summed E-state index contributed by atoms with van der Waals surface area (Å²) in [6.45, 7) is 13.9. The van der Waals surface area contributed by atoms with E-state index in [1.165, 1.54) is 0 Å². The molecule has 0 bridgehead atoms. The zero-order chi connectivity index (χ0) is 20.4. The monoisotopic (exact) mass is 374 g/mol. The van der Waals surface area contributed by atoms with Crippen molar-refractivity contribution < 1.29 is 19.1 Å². The number of aromatic nitrogens is 1. The van der Waals surface area contributed by atoms with E-state index in [0.29, 0.717) is 18.8 Å². The van der Waals surface area contributed by atoms with Gasteiger partial charge in [-0.15, -0.1) is 0 Å². The number of amides is 1. The van der Waals surface area contributed by atoms with Crippen LogP contribution in [0, 0.1) is 13.8 Å². The number of hydrogen-bond acceptors (Lipinski definition) is 4. The van der Waals surface area contributed by atoms with Gasteiger partial charge in [-0.3, -0.25) is 0 Å². The predicted molar refractivity (Wildman–Crippen MR) is 106 cm³/mol. The molecule has 0 radical (unpaired) electrons. The van der Waals surface area contributed by atoms with Gasteiger partial charge in [0.05, 0.1) is 12.1 Å². The standard InChI is InChI=1S/C21H30N2O4/c1-8-26-19(24)17-11-16-10-9-13(2)15(4)18(16)23(17)14(3)12-22-20(25)27-21(5,6)7/h9-11,14H,8,12H2,1-7H3,(H,22,25)/t14-/m1/s1. The molecular weight excluding hydrogens is 344 g/mol. The molecular formula is C21H30N2O4. The van der Waals surface area contributed by atoms with Crippen LogP contribution in [0.25, 0.3) is 10.9 Å². The average molecular weight is 374 g/mol. The number of rotatable bonds is 5. The van der Waals surface area contributed by atoms with Gasteiger partial charge in [0.1, 0.15) is 11.3 Å². The van der Waals surface area contributed by atoms with Crippen LogP contribution >= 0.6 is 0 Å². The molecule has 0 saturated heterocycles. The molecule has 27 heavy (non-hydrogen) atoms. The van der Waals surface area contributed by atoms with Gasteiger partial charge in [0.15, 0.2) is 0 Å². The van der Waals surface area contributed by atoms with E-state index < -0.39 is 11.7 Å². The summed E-state index contributed by atoms with van der Waals surface area (Å²) in [5, 5.41) is 3.77. The maximum absolute atomic E-state index is 12.5. The number of carbonyl (C=O) groups is 2. The first-order valence-electron chi connectivity index (χ1n) is 9.30. The topological polar surface area (TPSA) is 69.6 Å². The highest BCUT2D eigenvalue weighted by atomic mass is 16.6. The molecule has 1 amide bonds. The Labute approximate surface area is 160 Å². The largest absolute Gasteiger partial charge is 0.461 e. The van der Waals surface area contributed by atoms with Gasteiger partial charge in [0, 0.05) is 18.0 Å². The second kappa shape index (κ2) is 8.03. The number of nitrogens with zero attached hydrogens (tertiary/aromatic N) is 1. The highest BCUT2D eigenvalue weighted by Crippen LogP contribution is 2.29. The van der Waals surface area contributed by atoms with Crippen LogP contribution in [0.2, 0.25) is 0 Å². The smallest absolute Gasteiger partial charge is 0.407 e. The molecule has 0 unspecified atom stereocenters. The first-order chi connectivity index (χ1) is 12.5. The van der Waals surface area contributed by atoms with E-state index in [2.05, 4.69) is 5.32 Å². The third-order valence-electron chi connectivity index (χ3n) is 4.39. The van der Waals surface area contributed by atoms with Crippen molar-refractivity contribution in [1.29, 1.82) is 0 Å². The number of hydrogen-bond donors (Lipinski definition) is 1. The molecule has 1 N–H and O–H groups in total. The van der Waals surface area contributed by atoms with Crippen LogP contribution in [0.1, 0.15) is 62.3 Å². The summed E-state index contributed by atoms with van der Waals surface area (Å²) in [4.78, 5) is 24.5. The maximum Gasteiger partial charge on any atom is 0.407 e. The van der Waals surface area contributed by atoms with Gasteiger partial charge < -0.3 is 19.4 Å². The van der Waals surface area contributed by atoms with E-state index in [4.69, 9.17) is 9.47 Å². The molecule has 0 aliphatic rings. The molecule has 0 saturated carbocycles. The van der Waals surface area contributed by atoms with Crippen LogP contribution in [0.3, 0.4) is 0 Å². The van der Waals surface area contributed by atoms with E-state index in [-0.39, 0.29) is 12.0 Å². The van der Waals surface area contributed by atoms with Crippen LogP contribution in [0.4, 0.5) is 4.79 Å². The minimum atomic E-state index is -0.558. The van der Waals surface area contributed by atoms with Crippen LogP contribution in [0.5, 0.6) is 0 Å². The van der Waals surface area contributed by atoms with Gasteiger partial charge in [0.25, 0.3) is 0 Å². The summed E-state index contributed by atoms with van der Waals surface area (Å²) in [6, 6.07) is 5.74. The zero-order valence-electron chi connectivity index (χ0n) is 17.3. The highest BCUT2D eigenvalue weighted by molar-refractivity contribution is 5.97. The first-order valence-corrected chi connectivity index (χ1v) is 9.30. The first kappa shape index (κ1) is 20.8. The maximum atomic E-state index is 12.5. The summed E-state index contributed by atoms with van der Waals surface area (Å²) in [5.41, 5.74) is 3.16. The molecule has 0 aliphatic heterocycles. The minimum absolute atomic E-state index is 0.157. The van der Waals surface area contributed by atoms with Gasteiger partial charge in [0.2, 0.25) is 0 Å². The molecule has 0 spiro atoms. The molecule has 2 rings (SSSR count). The SMILES string of the molecule is CCOC(=O)c1cc2ccc(C)c(C)c2n1[C@H](C)CNC(=O)OC(C)(C)C. The van der Waals surface area contributed by atoms with Gasteiger partial charge >= 0.3 is 12.1 Å². The fourth-order valence-corrected chi connectivity index (χ4v) is 3.05.